The van der Waals surface area contributed by atoms with Crippen molar-refractivity contribution < 1.29 is 22.7 Å². The van der Waals surface area contributed by atoms with Crippen LogP contribution in [0.1, 0.15) is 35.5 Å². The first-order valence-electron chi connectivity index (χ1n) is 7.30. The minimum atomic E-state index is -4.49. The standard InChI is InChI=1S/C15H18F3N3O2/c1-3-10-11-7-9(15(16,17)18)8-20-13(11)21(6-5-19)12(10)14(22)23-4-2/h7-8H,3-6,19H2,1-2H3. The third-order valence-corrected chi connectivity index (χ3v) is 3.51. The van der Waals surface area contributed by atoms with Crippen LogP contribution in [0, 0.1) is 0 Å². The van der Waals surface area contributed by atoms with Gasteiger partial charge >= 0.3 is 12.1 Å². The summed E-state index contributed by atoms with van der Waals surface area (Å²) >= 11 is 0. The third kappa shape index (κ3) is 3.17. The van der Waals surface area contributed by atoms with Crippen molar-refractivity contribution in [3.8, 4) is 0 Å². The summed E-state index contributed by atoms with van der Waals surface area (Å²) in [5.74, 6) is -0.579. The molecule has 0 aliphatic heterocycles. The highest BCUT2D eigenvalue weighted by Gasteiger charge is 2.33. The fourth-order valence-electron chi connectivity index (χ4n) is 2.58. The van der Waals surface area contributed by atoms with Crippen LogP contribution in [0.5, 0.6) is 0 Å². The summed E-state index contributed by atoms with van der Waals surface area (Å²) in [5, 5.41) is 0.304. The van der Waals surface area contributed by atoms with E-state index in [9.17, 15) is 18.0 Å². The molecule has 2 aromatic rings. The van der Waals surface area contributed by atoms with E-state index in [0.717, 1.165) is 12.3 Å². The Bertz CT molecular complexity index is 723. The summed E-state index contributed by atoms with van der Waals surface area (Å²) in [5.41, 5.74) is 5.74. The second-order valence-electron chi connectivity index (χ2n) is 4.93. The molecule has 2 rings (SSSR count). The van der Waals surface area contributed by atoms with E-state index in [1.54, 1.807) is 13.8 Å². The smallest absolute Gasteiger partial charge is 0.417 e. The van der Waals surface area contributed by atoms with E-state index < -0.39 is 17.7 Å². The zero-order valence-corrected chi connectivity index (χ0v) is 12.9. The lowest BCUT2D eigenvalue weighted by molar-refractivity contribution is -0.137. The van der Waals surface area contributed by atoms with Gasteiger partial charge in [0.1, 0.15) is 11.3 Å². The third-order valence-electron chi connectivity index (χ3n) is 3.51. The Balaban J connectivity index is 2.77. The predicted octanol–water partition coefficient (Wildman–Crippen LogP) is 2.75. The number of nitrogens with two attached hydrogens (primary N) is 1. The molecule has 0 amide bonds. The second-order valence-corrected chi connectivity index (χ2v) is 4.93. The fraction of sp³-hybridized carbons (Fsp3) is 0.467. The molecule has 5 nitrogen and oxygen atoms in total. The summed E-state index contributed by atoms with van der Waals surface area (Å²) in [6.45, 7) is 4.10. The Labute approximate surface area is 131 Å². The van der Waals surface area contributed by atoms with E-state index >= 15 is 0 Å². The van der Waals surface area contributed by atoms with Crippen molar-refractivity contribution in [3.63, 3.8) is 0 Å². The lowest BCUT2D eigenvalue weighted by Gasteiger charge is -2.09. The molecule has 2 aromatic heterocycles. The molecule has 23 heavy (non-hydrogen) atoms. The maximum Gasteiger partial charge on any atom is 0.417 e. The molecule has 0 radical (unpaired) electrons. The van der Waals surface area contributed by atoms with Gasteiger partial charge in [0.05, 0.1) is 12.2 Å². The molecule has 0 unspecified atom stereocenters. The van der Waals surface area contributed by atoms with E-state index in [1.807, 2.05) is 0 Å². The monoisotopic (exact) mass is 329 g/mol. The molecule has 0 atom stereocenters. The number of aryl methyl sites for hydroxylation is 1. The normalized spacial score (nSPS) is 11.9. The van der Waals surface area contributed by atoms with E-state index in [2.05, 4.69) is 4.98 Å². The molecular weight excluding hydrogens is 311 g/mol. The first-order valence-corrected chi connectivity index (χ1v) is 7.30. The Morgan fingerprint density at radius 1 is 1.39 bits per heavy atom. The summed E-state index contributed by atoms with van der Waals surface area (Å²) < 4.78 is 45.4. The average molecular weight is 329 g/mol. The van der Waals surface area contributed by atoms with Crippen LogP contribution in [-0.4, -0.2) is 28.7 Å². The van der Waals surface area contributed by atoms with Crippen LogP contribution in [0.2, 0.25) is 0 Å². The van der Waals surface area contributed by atoms with E-state index in [0.29, 0.717) is 23.0 Å². The van der Waals surface area contributed by atoms with Crippen LogP contribution in [0.25, 0.3) is 11.0 Å². The molecule has 0 aliphatic rings. The van der Waals surface area contributed by atoms with Crippen LogP contribution in [0.15, 0.2) is 12.3 Å². The van der Waals surface area contributed by atoms with Gasteiger partial charge in [-0.25, -0.2) is 9.78 Å². The van der Waals surface area contributed by atoms with Crippen molar-refractivity contribution in [1.29, 1.82) is 0 Å². The maximum atomic E-state index is 12.9. The van der Waals surface area contributed by atoms with Crippen LogP contribution >= 0.6 is 0 Å². The lowest BCUT2D eigenvalue weighted by Crippen LogP contribution is -2.18. The summed E-state index contributed by atoms with van der Waals surface area (Å²) in [6, 6.07) is 1.02. The van der Waals surface area contributed by atoms with Crippen molar-refractivity contribution in [2.75, 3.05) is 13.2 Å². The van der Waals surface area contributed by atoms with Crippen LogP contribution in [-0.2, 0) is 23.9 Å². The quantitative estimate of drug-likeness (QED) is 0.856. The summed E-state index contributed by atoms with van der Waals surface area (Å²) in [6.07, 6.45) is -3.35. The molecule has 2 heterocycles. The molecule has 0 fully saturated rings. The van der Waals surface area contributed by atoms with Gasteiger partial charge in [0, 0.05) is 24.7 Å². The molecule has 0 bridgehead atoms. The van der Waals surface area contributed by atoms with Crippen molar-refractivity contribution in [2.24, 2.45) is 5.73 Å². The highest BCUT2D eigenvalue weighted by Crippen LogP contribution is 2.33. The maximum absolute atomic E-state index is 12.9. The molecular formula is C15H18F3N3O2. The molecule has 2 N–H and O–H groups in total. The van der Waals surface area contributed by atoms with Gasteiger partial charge in [-0.1, -0.05) is 6.92 Å². The Kier molecular flexibility index (Phi) is 4.93. The van der Waals surface area contributed by atoms with E-state index in [4.69, 9.17) is 10.5 Å². The Morgan fingerprint density at radius 2 is 2.09 bits per heavy atom. The second kappa shape index (κ2) is 6.57. The number of esters is 1. The number of nitrogens with zero attached hydrogens (tertiary/aromatic N) is 2. The number of halogens is 3. The predicted molar refractivity (Wildman–Crippen MR) is 79.1 cm³/mol. The van der Waals surface area contributed by atoms with Gasteiger partial charge in [0.2, 0.25) is 0 Å². The summed E-state index contributed by atoms with van der Waals surface area (Å²) in [4.78, 5) is 16.2. The number of carbonyl (C=O) groups is 1. The van der Waals surface area contributed by atoms with E-state index in [1.165, 1.54) is 4.57 Å². The van der Waals surface area contributed by atoms with Gasteiger partial charge in [-0.05, 0) is 25.0 Å². The van der Waals surface area contributed by atoms with Gasteiger partial charge in [-0.2, -0.15) is 13.2 Å². The van der Waals surface area contributed by atoms with Crippen LogP contribution < -0.4 is 5.73 Å². The number of hydrogen-bond donors (Lipinski definition) is 1. The number of hydrogen-bond acceptors (Lipinski definition) is 4. The number of pyridine rings is 1. The molecule has 0 aromatic carbocycles. The molecule has 0 saturated heterocycles. The highest BCUT2D eigenvalue weighted by atomic mass is 19.4. The Morgan fingerprint density at radius 3 is 2.61 bits per heavy atom. The van der Waals surface area contributed by atoms with Crippen molar-refractivity contribution in [2.45, 2.75) is 33.0 Å². The first kappa shape index (κ1) is 17.3. The molecule has 0 spiro atoms. The Hall–Kier alpha value is -2.09. The number of fused-ring (bicyclic) bond motifs is 1. The number of rotatable bonds is 5. The van der Waals surface area contributed by atoms with Gasteiger partial charge in [0.15, 0.2) is 0 Å². The zero-order chi connectivity index (χ0) is 17.2. The average Bonchev–Trinajstić information content (AvgIpc) is 2.80. The van der Waals surface area contributed by atoms with Gasteiger partial charge in [0.25, 0.3) is 0 Å². The minimum absolute atomic E-state index is 0.174. The fourth-order valence-corrected chi connectivity index (χ4v) is 2.58. The van der Waals surface area contributed by atoms with Gasteiger partial charge in [-0.15, -0.1) is 0 Å². The first-order chi connectivity index (χ1) is 10.8. The SMILES string of the molecule is CCOC(=O)c1c(CC)c2cc(C(F)(F)F)cnc2n1CCN. The van der Waals surface area contributed by atoms with E-state index in [-0.39, 0.29) is 25.4 Å². The van der Waals surface area contributed by atoms with Gasteiger partial charge in [-0.3, -0.25) is 0 Å². The van der Waals surface area contributed by atoms with Crippen molar-refractivity contribution in [1.82, 2.24) is 9.55 Å². The molecule has 8 heteroatoms. The minimum Gasteiger partial charge on any atom is -0.461 e. The van der Waals surface area contributed by atoms with Gasteiger partial charge < -0.3 is 15.0 Å². The van der Waals surface area contributed by atoms with Crippen LogP contribution in [0.4, 0.5) is 13.2 Å². The number of ether oxygens (including phenoxy) is 1. The summed E-state index contributed by atoms with van der Waals surface area (Å²) in [7, 11) is 0. The molecule has 0 aliphatic carbocycles. The number of carbonyl (C=O) groups excluding carboxylic acids is 1. The molecule has 126 valence electrons. The van der Waals surface area contributed by atoms with Crippen LogP contribution in [0.3, 0.4) is 0 Å². The lowest BCUT2D eigenvalue weighted by atomic mass is 10.1. The highest BCUT2D eigenvalue weighted by molar-refractivity contribution is 5.98. The largest absolute Gasteiger partial charge is 0.461 e. The topological polar surface area (TPSA) is 70.1 Å². The van der Waals surface area contributed by atoms with Crippen molar-refractivity contribution in [3.05, 3.63) is 29.1 Å². The molecule has 0 saturated carbocycles. The van der Waals surface area contributed by atoms with Crippen molar-refractivity contribution >= 4 is 17.0 Å². The number of alkyl halides is 3. The number of aromatic nitrogens is 2. The zero-order valence-electron chi connectivity index (χ0n) is 12.9.